The average Bonchev–Trinajstić information content (AvgIpc) is 3.45. The number of esters is 3. The third kappa shape index (κ3) is 64.5. The van der Waals surface area contributed by atoms with E-state index in [-0.39, 0.29) is 31.1 Å². The van der Waals surface area contributed by atoms with Crippen molar-refractivity contribution in [3.63, 3.8) is 0 Å². The number of rotatable bonds is 59. The zero-order valence-corrected chi connectivity index (χ0v) is 51.6. The van der Waals surface area contributed by atoms with Gasteiger partial charge in [-0.15, -0.1) is 0 Å². The molecule has 0 amide bonds. The van der Waals surface area contributed by atoms with Crippen molar-refractivity contribution in [2.24, 2.45) is 0 Å². The van der Waals surface area contributed by atoms with Gasteiger partial charge in [0, 0.05) is 19.3 Å². The molecular weight excluding hydrogens is 973 g/mol. The maximum atomic E-state index is 12.9. The third-order valence-corrected chi connectivity index (χ3v) is 13.9. The van der Waals surface area contributed by atoms with Crippen LogP contribution in [-0.2, 0) is 28.6 Å². The minimum Gasteiger partial charge on any atom is -0.462 e. The Hall–Kier alpha value is -4.19. The summed E-state index contributed by atoms with van der Waals surface area (Å²) in [5, 5.41) is 0. The number of hydrogen-bond acceptors (Lipinski definition) is 6. The Morgan fingerprint density at radius 1 is 0.266 bits per heavy atom. The van der Waals surface area contributed by atoms with E-state index in [4.69, 9.17) is 14.2 Å². The summed E-state index contributed by atoms with van der Waals surface area (Å²) in [6.45, 7) is 6.39. The molecule has 0 saturated heterocycles. The standard InChI is InChI=1S/C73H122O6/c1-4-7-10-13-16-19-22-25-27-29-31-33-35-36-38-39-41-43-45-48-51-54-57-60-63-66-72(75)78-69-70(68-77-71(74)65-62-59-56-53-50-47-24-21-18-15-12-9-6-3)79-73(76)67-64-61-58-55-52-49-46-44-42-40-37-34-32-30-28-26-23-20-17-14-11-8-5-2/h7,9-10,12,16,18-19,21,23,25-27,30-33,37,40,47,50,70H,4-6,8,11,13-15,17,20,22,24,28-29,34-36,38-39,41-46,48-49,51-69H2,1-3H3/b10-7-,12-9-,19-16-,21-18-,26-23-,27-25-,32-30-,33-31-,40-37-,50-47-. The summed E-state index contributed by atoms with van der Waals surface area (Å²) in [5.41, 5.74) is 0. The van der Waals surface area contributed by atoms with Crippen molar-refractivity contribution in [1.29, 1.82) is 0 Å². The highest BCUT2D eigenvalue weighted by Gasteiger charge is 2.19. The molecule has 450 valence electrons. The number of ether oxygens (including phenoxy) is 3. The monoisotopic (exact) mass is 1090 g/mol. The molecule has 0 rings (SSSR count). The topological polar surface area (TPSA) is 78.9 Å². The first-order chi connectivity index (χ1) is 39.0. The predicted molar refractivity (Wildman–Crippen MR) is 343 cm³/mol. The molecule has 0 N–H and O–H groups in total. The summed E-state index contributed by atoms with van der Waals surface area (Å²) in [4.78, 5) is 38.3. The van der Waals surface area contributed by atoms with Crippen molar-refractivity contribution in [3.05, 3.63) is 122 Å². The van der Waals surface area contributed by atoms with E-state index < -0.39 is 6.10 Å². The normalized spacial score (nSPS) is 12.9. The highest BCUT2D eigenvalue weighted by molar-refractivity contribution is 5.71. The molecule has 0 radical (unpaired) electrons. The van der Waals surface area contributed by atoms with Crippen LogP contribution < -0.4 is 0 Å². The highest BCUT2D eigenvalue weighted by atomic mass is 16.6. The van der Waals surface area contributed by atoms with Gasteiger partial charge in [0.15, 0.2) is 6.10 Å². The number of unbranched alkanes of at least 4 members (excludes halogenated alkanes) is 28. The lowest BCUT2D eigenvalue weighted by molar-refractivity contribution is -0.167. The lowest BCUT2D eigenvalue weighted by atomic mass is 10.0. The van der Waals surface area contributed by atoms with Gasteiger partial charge in [-0.05, 0) is 128 Å². The number of carbonyl (C=O) groups excluding carboxylic acids is 3. The van der Waals surface area contributed by atoms with Crippen molar-refractivity contribution in [1.82, 2.24) is 0 Å². The highest BCUT2D eigenvalue weighted by Crippen LogP contribution is 2.16. The van der Waals surface area contributed by atoms with Gasteiger partial charge in [-0.3, -0.25) is 14.4 Å². The fourth-order valence-corrected chi connectivity index (χ4v) is 9.04. The predicted octanol–water partition coefficient (Wildman–Crippen LogP) is 22.8. The van der Waals surface area contributed by atoms with Gasteiger partial charge in [0.25, 0.3) is 0 Å². The fourth-order valence-electron chi connectivity index (χ4n) is 9.04. The van der Waals surface area contributed by atoms with Crippen LogP contribution >= 0.6 is 0 Å². The van der Waals surface area contributed by atoms with Crippen LogP contribution in [0.15, 0.2) is 122 Å². The van der Waals surface area contributed by atoms with Gasteiger partial charge in [0.05, 0.1) is 0 Å². The van der Waals surface area contributed by atoms with E-state index in [1.54, 1.807) is 0 Å². The van der Waals surface area contributed by atoms with Crippen LogP contribution in [-0.4, -0.2) is 37.2 Å². The number of carbonyl (C=O) groups is 3. The second kappa shape index (κ2) is 66.3. The van der Waals surface area contributed by atoms with Crippen molar-refractivity contribution in [2.45, 2.75) is 309 Å². The van der Waals surface area contributed by atoms with Crippen LogP contribution in [0, 0.1) is 0 Å². The number of allylic oxidation sites excluding steroid dienone is 20. The number of hydrogen-bond donors (Lipinski definition) is 0. The molecule has 0 aliphatic rings. The molecule has 0 saturated carbocycles. The Bertz CT molecular complexity index is 1640. The van der Waals surface area contributed by atoms with Crippen LogP contribution in [0.25, 0.3) is 0 Å². The quantitative estimate of drug-likeness (QED) is 0.0261. The Labute approximate surface area is 488 Å². The summed E-state index contributed by atoms with van der Waals surface area (Å²) in [5.74, 6) is -0.927. The van der Waals surface area contributed by atoms with E-state index in [9.17, 15) is 14.4 Å². The lowest BCUT2D eigenvalue weighted by Crippen LogP contribution is -2.30. The van der Waals surface area contributed by atoms with Crippen LogP contribution in [0.5, 0.6) is 0 Å². The second-order valence-corrected chi connectivity index (χ2v) is 21.6. The van der Waals surface area contributed by atoms with Crippen molar-refractivity contribution in [3.8, 4) is 0 Å². The zero-order chi connectivity index (χ0) is 57.1. The van der Waals surface area contributed by atoms with Crippen molar-refractivity contribution in [2.75, 3.05) is 13.2 Å². The summed E-state index contributed by atoms with van der Waals surface area (Å²) < 4.78 is 16.9. The molecule has 6 nitrogen and oxygen atoms in total. The van der Waals surface area contributed by atoms with Crippen molar-refractivity contribution < 1.29 is 28.6 Å². The Morgan fingerprint density at radius 2 is 0.494 bits per heavy atom. The lowest BCUT2D eigenvalue weighted by Gasteiger charge is -2.18. The van der Waals surface area contributed by atoms with Gasteiger partial charge in [0.1, 0.15) is 13.2 Å². The molecule has 0 heterocycles. The van der Waals surface area contributed by atoms with E-state index in [1.165, 1.54) is 135 Å². The van der Waals surface area contributed by atoms with Gasteiger partial charge >= 0.3 is 17.9 Å². The first kappa shape index (κ1) is 74.8. The fraction of sp³-hybridized carbons (Fsp3) is 0.685. The van der Waals surface area contributed by atoms with E-state index in [2.05, 4.69) is 142 Å². The summed E-state index contributed by atoms with van der Waals surface area (Å²) in [7, 11) is 0. The largest absolute Gasteiger partial charge is 0.462 e. The minimum absolute atomic E-state index is 0.0931. The van der Waals surface area contributed by atoms with E-state index >= 15 is 0 Å². The van der Waals surface area contributed by atoms with Gasteiger partial charge < -0.3 is 14.2 Å². The summed E-state index contributed by atoms with van der Waals surface area (Å²) in [6, 6.07) is 0. The van der Waals surface area contributed by atoms with Gasteiger partial charge in [-0.25, -0.2) is 0 Å². The molecule has 0 spiro atoms. The Balaban J connectivity index is 4.35. The van der Waals surface area contributed by atoms with Gasteiger partial charge in [-0.2, -0.15) is 0 Å². The Kier molecular flexibility index (Phi) is 62.8. The zero-order valence-electron chi connectivity index (χ0n) is 51.6. The van der Waals surface area contributed by atoms with Gasteiger partial charge in [-0.1, -0.05) is 277 Å². The molecule has 0 bridgehead atoms. The second-order valence-electron chi connectivity index (χ2n) is 21.6. The van der Waals surface area contributed by atoms with E-state index in [1.807, 2.05) is 0 Å². The molecule has 6 heteroatoms. The smallest absolute Gasteiger partial charge is 0.306 e. The van der Waals surface area contributed by atoms with Crippen molar-refractivity contribution >= 4 is 17.9 Å². The molecule has 0 fully saturated rings. The molecule has 1 atom stereocenters. The van der Waals surface area contributed by atoms with Crippen LogP contribution in [0.4, 0.5) is 0 Å². The summed E-state index contributed by atoms with van der Waals surface area (Å²) in [6.07, 6.45) is 92.1. The SMILES string of the molecule is CC/C=C\C/C=C\C/C=C\C/C=C\CCCCCCCCCCCCCCC(=O)OCC(COC(=O)CCCCC/C=C\C/C=C\C/C=C\CC)OC(=O)CCCCCCCCCC/C=C\C/C=C\C/C=C\CCCCCCC. The Morgan fingerprint density at radius 3 is 0.785 bits per heavy atom. The molecule has 0 aliphatic heterocycles. The molecule has 0 aromatic rings. The molecule has 0 aromatic carbocycles. The molecule has 0 aromatic heterocycles. The molecular formula is C73H122O6. The first-order valence-corrected chi connectivity index (χ1v) is 33.0. The molecule has 0 aliphatic carbocycles. The van der Waals surface area contributed by atoms with Crippen LogP contribution in [0.3, 0.4) is 0 Å². The molecule has 1 unspecified atom stereocenters. The van der Waals surface area contributed by atoms with Crippen LogP contribution in [0.1, 0.15) is 303 Å². The average molecular weight is 1100 g/mol. The molecule has 79 heavy (non-hydrogen) atoms. The van der Waals surface area contributed by atoms with E-state index in [0.717, 1.165) is 128 Å². The first-order valence-electron chi connectivity index (χ1n) is 33.0. The summed E-state index contributed by atoms with van der Waals surface area (Å²) >= 11 is 0. The van der Waals surface area contributed by atoms with E-state index in [0.29, 0.717) is 19.3 Å². The van der Waals surface area contributed by atoms with Gasteiger partial charge in [0.2, 0.25) is 0 Å². The maximum absolute atomic E-state index is 12.9. The third-order valence-electron chi connectivity index (χ3n) is 13.9. The van der Waals surface area contributed by atoms with Crippen LogP contribution in [0.2, 0.25) is 0 Å². The maximum Gasteiger partial charge on any atom is 0.306 e. The minimum atomic E-state index is -0.799.